The van der Waals surface area contributed by atoms with Gasteiger partial charge in [-0.1, -0.05) is 12.1 Å². The van der Waals surface area contributed by atoms with E-state index in [0.29, 0.717) is 13.2 Å². The van der Waals surface area contributed by atoms with Crippen LogP contribution < -0.4 is 10.1 Å². The summed E-state index contributed by atoms with van der Waals surface area (Å²) in [6.45, 7) is 7.94. The van der Waals surface area contributed by atoms with Crippen LogP contribution in [0, 0.1) is 16.7 Å². The van der Waals surface area contributed by atoms with Crippen molar-refractivity contribution in [3.05, 3.63) is 29.8 Å². The molecule has 3 nitrogen and oxygen atoms in total. The molecular formula is C14H20N2O. The van der Waals surface area contributed by atoms with Gasteiger partial charge in [-0.2, -0.15) is 5.26 Å². The van der Waals surface area contributed by atoms with E-state index in [1.54, 1.807) is 0 Å². The molecule has 0 aliphatic heterocycles. The van der Waals surface area contributed by atoms with E-state index < -0.39 is 0 Å². The van der Waals surface area contributed by atoms with Crippen molar-refractivity contribution in [1.29, 1.82) is 5.26 Å². The second-order valence-corrected chi connectivity index (χ2v) is 4.68. The molecule has 0 heterocycles. The third-order valence-electron chi connectivity index (χ3n) is 2.41. The van der Waals surface area contributed by atoms with Gasteiger partial charge in [-0.3, -0.25) is 0 Å². The van der Waals surface area contributed by atoms with Crippen LogP contribution in [0.25, 0.3) is 0 Å². The SMILES string of the molecule is CCOc1cccc(CNCC(C)(C)C#N)c1. The number of hydrogen-bond donors (Lipinski definition) is 1. The number of ether oxygens (including phenoxy) is 1. The Morgan fingerprint density at radius 2 is 2.18 bits per heavy atom. The van der Waals surface area contributed by atoms with E-state index in [2.05, 4.69) is 17.5 Å². The van der Waals surface area contributed by atoms with E-state index in [1.165, 1.54) is 5.56 Å². The number of rotatable bonds is 6. The number of nitrogens with zero attached hydrogens (tertiary/aromatic N) is 1. The summed E-state index contributed by atoms with van der Waals surface area (Å²) in [5, 5.41) is 12.2. The molecule has 0 radical (unpaired) electrons. The fourth-order valence-electron chi connectivity index (χ4n) is 1.47. The molecule has 1 rings (SSSR count). The summed E-state index contributed by atoms with van der Waals surface area (Å²) in [5.41, 5.74) is 0.849. The molecule has 0 bridgehead atoms. The van der Waals surface area contributed by atoms with E-state index in [0.717, 1.165) is 12.3 Å². The lowest BCUT2D eigenvalue weighted by Gasteiger charge is -2.16. The third kappa shape index (κ3) is 4.88. The molecule has 0 atom stereocenters. The summed E-state index contributed by atoms with van der Waals surface area (Å²) in [7, 11) is 0. The zero-order valence-corrected chi connectivity index (χ0v) is 10.8. The Labute approximate surface area is 103 Å². The molecule has 92 valence electrons. The lowest BCUT2D eigenvalue weighted by Crippen LogP contribution is -2.27. The van der Waals surface area contributed by atoms with Crippen molar-refractivity contribution in [2.75, 3.05) is 13.2 Å². The maximum Gasteiger partial charge on any atom is 0.119 e. The van der Waals surface area contributed by atoms with E-state index >= 15 is 0 Å². The predicted octanol–water partition coefficient (Wildman–Crippen LogP) is 2.72. The molecule has 1 aromatic rings. The van der Waals surface area contributed by atoms with Crippen molar-refractivity contribution in [3.8, 4) is 11.8 Å². The molecule has 0 saturated carbocycles. The van der Waals surface area contributed by atoms with Gasteiger partial charge in [0.25, 0.3) is 0 Å². The van der Waals surface area contributed by atoms with Gasteiger partial charge < -0.3 is 10.1 Å². The van der Waals surface area contributed by atoms with Crippen molar-refractivity contribution in [2.24, 2.45) is 5.41 Å². The van der Waals surface area contributed by atoms with Gasteiger partial charge in [-0.15, -0.1) is 0 Å². The second-order valence-electron chi connectivity index (χ2n) is 4.68. The van der Waals surface area contributed by atoms with Crippen LogP contribution in [0.4, 0.5) is 0 Å². The molecule has 0 aliphatic carbocycles. The molecule has 0 aromatic heterocycles. The molecule has 0 aliphatic rings. The summed E-state index contributed by atoms with van der Waals surface area (Å²) in [5.74, 6) is 0.895. The minimum Gasteiger partial charge on any atom is -0.494 e. The van der Waals surface area contributed by atoms with Crippen LogP contribution in [0.1, 0.15) is 26.3 Å². The summed E-state index contributed by atoms with van der Waals surface area (Å²) in [6, 6.07) is 10.3. The Kier molecular flexibility index (Phi) is 4.99. The highest BCUT2D eigenvalue weighted by molar-refractivity contribution is 5.28. The lowest BCUT2D eigenvalue weighted by molar-refractivity contribution is 0.339. The summed E-state index contributed by atoms with van der Waals surface area (Å²) in [4.78, 5) is 0. The lowest BCUT2D eigenvalue weighted by atomic mass is 9.96. The van der Waals surface area contributed by atoms with Crippen LogP contribution in [0.2, 0.25) is 0 Å². The van der Waals surface area contributed by atoms with Crippen molar-refractivity contribution in [3.63, 3.8) is 0 Å². The highest BCUT2D eigenvalue weighted by atomic mass is 16.5. The zero-order chi connectivity index (χ0) is 12.7. The number of nitriles is 1. The van der Waals surface area contributed by atoms with Crippen LogP contribution in [0.5, 0.6) is 5.75 Å². The number of nitrogens with one attached hydrogen (secondary N) is 1. The van der Waals surface area contributed by atoms with Crippen molar-refractivity contribution < 1.29 is 4.74 Å². The van der Waals surface area contributed by atoms with E-state index in [4.69, 9.17) is 10.00 Å². The number of benzene rings is 1. The molecular weight excluding hydrogens is 212 g/mol. The van der Waals surface area contributed by atoms with Crippen LogP contribution in [0.15, 0.2) is 24.3 Å². The van der Waals surface area contributed by atoms with Crippen molar-refractivity contribution in [1.82, 2.24) is 5.32 Å². The second kappa shape index (κ2) is 6.27. The third-order valence-corrected chi connectivity index (χ3v) is 2.41. The largest absolute Gasteiger partial charge is 0.494 e. The van der Waals surface area contributed by atoms with Gasteiger partial charge in [-0.25, -0.2) is 0 Å². The molecule has 0 amide bonds. The minimum absolute atomic E-state index is 0.322. The maximum absolute atomic E-state index is 8.90. The molecule has 1 aromatic carbocycles. The molecule has 17 heavy (non-hydrogen) atoms. The van der Waals surface area contributed by atoms with Gasteiger partial charge in [0.1, 0.15) is 5.75 Å². The van der Waals surface area contributed by atoms with Crippen molar-refractivity contribution >= 4 is 0 Å². The molecule has 0 saturated heterocycles. The first-order valence-electron chi connectivity index (χ1n) is 5.91. The molecule has 1 N–H and O–H groups in total. The first kappa shape index (κ1) is 13.5. The zero-order valence-electron chi connectivity index (χ0n) is 10.8. The normalized spacial score (nSPS) is 10.9. The minimum atomic E-state index is -0.322. The average molecular weight is 232 g/mol. The van der Waals surface area contributed by atoms with Gasteiger partial charge in [0, 0.05) is 13.1 Å². The van der Waals surface area contributed by atoms with Gasteiger partial charge in [0.05, 0.1) is 18.1 Å². The maximum atomic E-state index is 8.90. The topological polar surface area (TPSA) is 45.0 Å². The average Bonchev–Trinajstić information content (AvgIpc) is 2.30. The molecule has 3 heteroatoms. The molecule has 0 unspecified atom stereocenters. The fraction of sp³-hybridized carbons (Fsp3) is 0.500. The first-order valence-corrected chi connectivity index (χ1v) is 5.91. The van der Waals surface area contributed by atoms with Gasteiger partial charge >= 0.3 is 0 Å². The Bertz CT molecular complexity index is 393. The predicted molar refractivity (Wildman–Crippen MR) is 68.7 cm³/mol. The highest BCUT2D eigenvalue weighted by Gasteiger charge is 2.15. The first-order chi connectivity index (χ1) is 8.07. The van der Waals surface area contributed by atoms with Crippen molar-refractivity contribution in [2.45, 2.75) is 27.3 Å². The van der Waals surface area contributed by atoms with E-state index in [9.17, 15) is 0 Å². The highest BCUT2D eigenvalue weighted by Crippen LogP contribution is 2.14. The molecule has 0 spiro atoms. The van der Waals surface area contributed by atoms with Gasteiger partial charge in [-0.05, 0) is 38.5 Å². The van der Waals surface area contributed by atoms with Gasteiger partial charge in [0.2, 0.25) is 0 Å². The molecule has 0 fully saturated rings. The number of hydrogen-bond acceptors (Lipinski definition) is 3. The van der Waals surface area contributed by atoms with E-state index in [-0.39, 0.29) is 5.41 Å². The van der Waals surface area contributed by atoms with Gasteiger partial charge in [0.15, 0.2) is 0 Å². The summed E-state index contributed by atoms with van der Waals surface area (Å²) in [6.07, 6.45) is 0. The Morgan fingerprint density at radius 1 is 1.41 bits per heavy atom. The Morgan fingerprint density at radius 3 is 2.82 bits per heavy atom. The fourth-order valence-corrected chi connectivity index (χ4v) is 1.47. The quantitative estimate of drug-likeness (QED) is 0.820. The van der Waals surface area contributed by atoms with Crippen LogP contribution in [-0.4, -0.2) is 13.2 Å². The van der Waals surface area contributed by atoms with Crippen LogP contribution >= 0.6 is 0 Å². The smallest absolute Gasteiger partial charge is 0.119 e. The summed E-state index contributed by atoms with van der Waals surface area (Å²) < 4.78 is 5.43. The van der Waals surface area contributed by atoms with E-state index in [1.807, 2.05) is 39.0 Å². The Hall–Kier alpha value is -1.53. The van der Waals surface area contributed by atoms with Crippen LogP contribution in [-0.2, 0) is 6.54 Å². The monoisotopic (exact) mass is 232 g/mol. The summed E-state index contributed by atoms with van der Waals surface area (Å²) >= 11 is 0. The standard InChI is InChI=1S/C14H20N2O/c1-4-17-13-7-5-6-12(8-13)9-16-11-14(2,3)10-15/h5-8,16H,4,9,11H2,1-3H3. The van der Waals surface area contributed by atoms with Crippen LogP contribution in [0.3, 0.4) is 0 Å². The Balaban J connectivity index is 2.47.